The molecule has 0 saturated heterocycles. The molecule has 0 unspecified atom stereocenters. The number of hydrogen-bond donors (Lipinski definition) is 1. The first kappa shape index (κ1) is 14.3. The third-order valence-electron chi connectivity index (χ3n) is 2.25. The van der Waals surface area contributed by atoms with Gasteiger partial charge in [-0.15, -0.1) is 0 Å². The zero-order valence-corrected chi connectivity index (χ0v) is 11.7. The molecule has 0 bridgehead atoms. The average molecular weight is 260 g/mol. The molecule has 0 aliphatic rings. The molecule has 1 heterocycles. The van der Waals surface area contributed by atoms with Gasteiger partial charge in [0.15, 0.2) is 5.16 Å². The molecule has 1 N–H and O–H groups in total. The van der Waals surface area contributed by atoms with Crippen LogP contribution in [0.5, 0.6) is 0 Å². The largest absolute Gasteiger partial charge is 0.369 e. The number of aromatic nitrogens is 2. The fraction of sp³-hybridized carbons (Fsp3) is 0.462. The number of nitrogens with zero attached hydrogens (tertiary/aromatic N) is 3. The standard InChI is InChI=1S/C13H16N4S/c1-4-6-8-15-12-10(9-14)11(7-5-2)16-13(17-12)18-3/h4,6,8H2,1-3H3,(H,15,16,17). The van der Waals surface area contributed by atoms with Gasteiger partial charge in [-0.3, -0.25) is 0 Å². The van der Waals surface area contributed by atoms with E-state index >= 15 is 0 Å². The number of nitriles is 1. The van der Waals surface area contributed by atoms with E-state index < -0.39 is 0 Å². The topological polar surface area (TPSA) is 61.6 Å². The molecule has 0 atom stereocenters. The van der Waals surface area contributed by atoms with Crippen molar-refractivity contribution in [1.29, 1.82) is 5.26 Å². The van der Waals surface area contributed by atoms with E-state index in [2.05, 4.69) is 40.1 Å². The van der Waals surface area contributed by atoms with E-state index in [9.17, 15) is 5.26 Å². The van der Waals surface area contributed by atoms with Crippen molar-refractivity contribution in [2.24, 2.45) is 0 Å². The summed E-state index contributed by atoms with van der Waals surface area (Å²) >= 11 is 1.44. The van der Waals surface area contributed by atoms with Gasteiger partial charge in [0.2, 0.25) is 0 Å². The lowest BCUT2D eigenvalue weighted by atomic mass is 10.2. The van der Waals surface area contributed by atoms with Crippen molar-refractivity contribution in [3.63, 3.8) is 0 Å². The summed E-state index contributed by atoms with van der Waals surface area (Å²) in [5.74, 6) is 6.22. The first-order valence-electron chi connectivity index (χ1n) is 5.79. The van der Waals surface area contributed by atoms with Crippen LogP contribution in [0.4, 0.5) is 5.82 Å². The van der Waals surface area contributed by atoms with E-state index in [1.807, 2.05) is 6.26 Å². The Bertz CT molecular complexity index is 508. The van der Waals surface area contributed by atoms with Crippen LogP contribution < -0.4 is 5.32 Å². The van der Waals surface area contributed by atoms with E-state index in [0.29, 0.717) is 22.2 Å². The molecular weight excluding hydrogens is 244 g/mol. The fourth-order valence-corrected chi connectivity index (χ4v) is 1.72. The molecule has 1 aromatic heterocycles. The molecule has 0 spiro atoms. The number of nitrogens with one attached hydrogen (secondary N) is 1. The molecule has 18 heavy (non-hydrogen) atoms. The summed E-state index contributed by atoms with van der Waals surface area (Å²) in [5.41, 5.74) is 0.927. The SMILES string of the molecule is CC#Cc1nc(SC)nc(NCCCC)c1C#N. The van der Waals surface area contributed by atoms with Gasteiger partial charge in [0.25, 0.3) is 0 Å². The third kappa shape index (κ3) is 3.65. The van der Waals surface area contributed by atoms with E-state index in [1.54, 1.807) is 6.92 Å². The summed E-state index contributed by atoms with van der Waals surface area (Å²) in [6.45, 7) is 4.65. The van der Waals surface area contributed by atoms with Gasteiger partial charge in [-0.1, -0.05) is 31.0 Å². The van der Waals surface area contributed by atoms with Crippen LogP contribution in [0.15, 0.2) is 5.16 Å². The quantitative estimate of drug-likeness (QED) is 0.382. The number of anilines is 1. The molecule has 5 heteroatoms. The summed E-state index contributed by atoms with van der Waals surface area (Å²) in [5, 5.41) is 13.0. The Hall–Kier alpha value is -1.72. The Kier molecular flexibility index (Phi) is 6.04. The molecule has 0 aliphatic carbocycles. The lowest BCUT2D eigenvalue weighted by Crippen LogP contribution is -2.08. The Morgan fingerprint density at radius 2 is 2.17 bits per heavy atom. The highest BCUT2D eigenvalue weighted by atomic mass is 32.2. The van der Waals surface area contributed by atoms with Crippen LogP contribution >= 0.6 is 11.8 Å². The minimum Gasteiger partial charge on any atom is -0.369 e. The summed E-state index contributed by atoms with van der Waals surface area (Å²) in [6.07, 6.45) is 4.04. The van der Waals surface area contributed by atoms with E-state index in [1.165, 1.54) is 11.8 Å². The fourth-order valence-electron chi connectivity index (χ4n) is 1.36. The van der Waals surface area contributed by atoms with Crippen LogP contribution in [0.1, 0.15) is 37.9 Å². The highest BCUT2D eigenvalue weighted by Gasteiger charge is 2.12. The van der Waals surface area contributed by atoms with Gasteiger partial charge in [-0.05, 0) is 25.5 Å². The highest BCUT2D eigenvalue weighted by Crippen LogP contribution is 2.19. The second-order valence-corrected chi connectivity index (χ2v) is 4.32. The van der Waals surface area contributed by atoms with Crippen LogP contribution in [-0.2, 0) is 0 Å². The molecule has 0 fully saturated rings. The third-order valence-corrected chi connectivity index (χ3v) is 2.80. The molecule has 1 aromatic rings. The van der Waals surface area contributed by atoms with Crippen molar-refractivity contribution >= 4 is 17.6 Å². The molecular formula is C13H16N4S. The van der Waals surface area contributed by atoms with Gasteiger partial charge in [0, 0.05) is 6.54 Å². The van der Waals surface area contributed by atoms with Crippen LogP contribution in [0.25, 0.3) is 0 Å². The Balaban J connectivity index is 3.15. The Morgan fingerprint density at radius 1 is 1.39 bits per heavy atom. The van der Waals surface area contributed by atoms with Crippen LogP contribution in [0.2, 0.25) is 0 Å². The van der Waals surface area contributed by atoms with Crippen LogP contribution in [-0.4, -0.2) is 22.8 Å². The van der Waals surface area contributed by atoms with Crippen molar-refractivity contribution in [2.45, 2.75) is 31.8 Å². The van der Waals surface area contributed by atoms with Gasteiger partial charge in [-0.2, -0.15) is 5.26 Å². The summed E-state index contributed by atoms with van der Waals surface area (Å²) < 4.78 is 0. The summed E-state index contributed by atoms with van der Waals surface area (Å²) in [6, 6.07) is 2.13. The predicted octanol–water partition coefficient (Wildman–Crippen LogP) is 2.65. The van der Waals surface area contributed by atoms with Crippen molar-refractivity contribution in [1.82, 2.24) is 9.97 Å². The van der Waals surface area contributed by atoms with Crippen molar-refractivity contribution in [3.8, 4) is 17.9 Å². The maximum Gasteiger partial charge on any atom is 0.190 e. The van der Waals surface area contributed by atoms with Gasteiger partial charge in [-0.25, -0.2) is 9.97 Å². The van der Waals surface area contributed by atoms with Gasteiger partial charge >= 0.3 is 0 Å². The lowest BCUT2D eigenvalue weighted by Gasteiger charge is -2.08. The predicted molar refractivity (Wildman–Crippen MR) is 74.5 cm³/mol. The maximum atomic E-state index is 9.20. The second-order valence-electron chi connectivity index (χ2n) is 3.55. The van der Waals surface area contributed by atoms with Crippen LogP contribution in [0.3, 0.4) is 0 Å². The smallest absolute Gasteiger partial charge is 0.190 e. The molecule has 1 rings (SSSR count). The minimum absolute atomic E-state index is 0.429. The molecule has 0 aromatic carbocycles. The second kappa shape index (κ2) is 7.58. The monoisotopic (exact) mass is 260 g/mol. The number of rotatable bonds is 5. The normalized spacial score (nSPS) is 9.22. The first-order chi connectivity index (χ1) is 8.76. The molecule has 0 radical (unpaired) electrons. The Labute approximate surface area is 112 Å². The number of thioether (sulfide) groups is 1. The van der Waals surface area contributed by atoms with Gasteiger partial charge < -0.3 is 5.32 Å². The van der Waals surface area contributed by atoms with E-state index in [4.69, 9.17) is 0 Å². The first-order valence-corrected chi connectivity index (χ1v) is 7.02. The zero-order chi connectivity index (χ0) is 13.4. The molecule has 4 nitrogen and oxygen atoms in total. The van der Waals surface area contributed by atoms with Gasteiger partial charge in [0.05, 0.1) is 0 Å². The van der Waals surface area contributed by atoms with Crippen LogP contribution in [0, 0.1) is 23.2 Å². The van der Waals surface area contributed by atoms with Crippen molar-refractivity contribution in [2.75, 3.05) is 18.1 Å². The van der Waals surface area contributed by atoms with Crippen molar-refractivity contribution in [3.05, 3.63) is 11.3 Å². The van der Waals surface area contributed by atoms with Crippen molar-refractivity contribution < 1.29 is 0 Å². The van der Waals surface area contributed by atoms with E-state index in [-0.39, 0.29) is 0 Å². The maximum absolute atomic E-state index is 9.20. The number of hydrogen-bond acceptors (Lipinski definition) is 5. The van der Waals surface area contributed by atoms with E-state index in [0.717, 1.165) is 19.4 Å². The average Bonchev–Trinajstić information content (AvgIpc) is 2.39. The molecule has 0 amide bonds. The minimum atomic E-state index is 0.429. The summed E-state index contributed by atoms with van der Waals surface area (Å²) in [7, 11) is 0. The molecule has 0 saturated carbocycles. The zero-order valence-electron chi connectivity index (χ0n) is 10.9. The molecule has 0 aliphatic heterocycles. The Morgan fingerprint density at radius 3 is 2.72 bits per heavy atom. The molecule has 94 valence electrons. The van der Waals surface area contributed by atoms with Gasteiger partial charge in [0.1, 0.15) is 23.1 Å². The lowest BCUT2D eigenvalue weighted by molar-refractivity contribution is 0.824. The summed E-state index contributed by atoms with van der Waals surface area (Å²) in [4.78, 5) is 8.58. The number of unbranched alkanes of at least 4 members (excludes halogenated alkanes) is 1. The highest BCUT2D eigenvalue weighted by molar-refractivity contribution is 7.98.